The largest absolute Gasteiger partial charge is 0.534 e. The third-order valence-electron chi connectivity index (χ3n) is 1.45. The molecule has 0 atom stereocenters. The summed E-state index contributed by atoms with van der Waals surface area (Å²) in [5.74, 6) is -4.06. The van der Waals surface area contributed by atoms with Crippen LogP contribution in [-0.4, -0.2) is 13.9 Å². The fraction of sp³-hybridized carbons (Fsp3) is 0.143. The van der Waals surface area contributed by atoms with Crippen molar-refractivity contribution in [3.8, 4) is 5.75 Å². The Kier molecular flexibility index (Phi) is 3.53. The highest BCUT2D eigenvalue weighted by Crippen LogP contribution is 2.30. The van der Waals surface area contributed by atoms with Gasteiger partial charge in [-0.15, -0.1) is 0 Å². The van der Waals surface area contributed by atoms with Gasteiger partial charge in [-0.25, -0.2) is 8.78 Å². The predicted octanol–water partition coefficient (Wildman–Crippen LogP) is 2.85. The van der Waals surface area contributed by atoms with Crippen molar-refractivity contribution in [1.29, 1.82) is 0 Å². The third kappa shape index (κ3) is 2.97. The molecule has 0 fully saturated rings. The van der Waals surface area contributed by atoms with E-state index in [0.29, 0.717) is 0 Å². The molecule has 0 unspecified atom stereocenters. The zero-order valence-corrected chi connectivity index (χ0v) is 9.13. The smallest absolute Gasteiger partial charge is 0.376 e. The Morgan fingerprint density at radius 3 is 1.88 bits per heavy atom. The molecule has 10 heteroatoms. The van der Waals surface area contributed by atoms with Crippen LogP contribution >= 0.6 is 11.6 Å². The zero-order chi connectivity index (χ0) is 13.4. The molecule has 0 N–H and O–H groups in total. The zero-order valence-electron chi connectivity index (χ0n) is 7.56. The molecule has 0 aliphatic rings. The Bertz CT molecular complexity index is 516. The molecule has 0 bridgehead atoms. The lowest BCUT2D eigenvalue weighted by atomic mass is 10.3. The number of benzene rings is 1. The second-order valence-electron chi connectivity index (χ2n) is 2.68. The summed E-state index contributed by atoms with van der Waals surface area (Å²) in [6, 6.07) is 0.434. The van der Waals surface area contributed by atoms with Gasteiger partial charge in [0.25, 0.3) is 0 Å². The van der Waals surface area contributed by atoms with Crippen LogP contribution in [0, 0.1) is 11.6 Å². The summed E-state index contributed by atoms with van der Waals surface area (Å²) in [7, 11) is -5.97. The van der Waals surface area contributed by atoms with E-state index in [4.69, 9.17) is 11.6 Å². The van der Waals surface area contributed by atoms with E-state index in [0.717, 1.165) is 0 Å². The van der Waals surface area contributed by atoms with E-state index in [1.807, 2.05) is 0 Å². The standard InChI is InChI=1S/C7H2ClF5O3S/c8-6-4(9)1-3(2-5(6)10)16-17(14,15)7(11,12)13/h1-2H. The molecule has 0 heterocycles. The third-order valence-corrected chi connectivity index (χ3v) is 2.79. The number of hydrogen-bond donors (Lipinski definition) is 0. The van der Waals surface area contributed by atoms with Gasteiger partial charge < -0.3 is 4.18 Å². The Hall–Kier alpha value is -1.09. The van der Waals surface area contributed by atoms with Gasteiger partial charge in [-0.1, -0.05) is 11.6 Å². The van der Waals surface area contributed by atoms with Crippen LogP contribution in [0.3, 0.4) is 0 Å². The molecule has 0 saturated carbocycles. The molecule has 0 aliphatic heterocycles. The first-order chi connectivity index (χ1) is 7.54. The minimum Gasteiger partial charge on any atom is -0.376 e. The van der Waals surface area contributed by atoms with Gasteiger partial charge in [0.05, 0.1) is 0 Å². The van der Waals surface area contributed by atoms with Crippen molar-refractivity contribution in [2.75, 3.05) is 0 Å². The monoisotopic (exact) mass is 296 g/mol. The minimum atomic E-state index is -5.97. The Morgan fingerprint density at radius 2 is 1.53 bits per heavy atom. The normalized spacial score (nSPS) is 12.6. The minimum absolute atomic E-state index is 0.217. The summed E-state index contributed by atoms with van der Waals surface area (Å²) in [5.41, 5.74) is -5.69. The van der Waals surface area contributed by atoms with E-state index in [2.05, 4.69) is 4.18 Å². The van der Waals surface area contributed by atoms with Gasteiger partial charge >= 0.3 is 15.6 Å². The highest BCUT2D eigenvalue weighted by Gasteiger charge is 2.48. The Balaban J connectivity index is 3.14. The van der Waals surface area contributed by atoms with Crippen LogP contribution in [0.1, 0.15) is 0 Å². The lowest BCUT2D eigenvalue weighted by Crippen LogP contribution is -2.28. The van der Waals surface area contributed by atoms with Gasteiger partial charge in [-0.05, 0) is 0 Å². The molecular weight excluding hydrogens is 295 g/mol. The van der Waals surface area contributed by atoms with Crippen molar-refractivity contribution < 1.29 is 34.6 Å². The molecule has 1 aromatic rings. The maximum Gasteiger partial charge on any atom is 0.534 e. The first kappa shape index (κ1) is 14.0. The second-order valence-corrected chi connectivity index (χ2v) is 4.60. The molecule has 1 rings (SSSR count). The fourth-order valence-corrected chi connectivity index (χ4v) is 1.31. The number of alkyl halides is 3. The first-order valence-corrected chi connectivity index (χ1v) is 5.48. The summed E-state index contributed by atoms with van der Waals surface area (Å²) in [4.78, 5) is 0. The second kappa shape index (κ2) is 4.30. The van der Waals surface area contributed by atoms with E-state index < -0.39 is 38.0 Å². The highest BCUT2D eigenvalue weighted by molar-refractivity contribution is 7.87. The van der Waals surface area contributed by atoms with Crippen molar-refractivity contribution in [2.45, 2.75) is 5.51 Å². The van der Waals surface area contributed by atoms with Crippen molar-refractivity contribution in [2.24, 2.45) is 0 Å². The molecule has 0 saturated heterocycles. The molecule has 17 heavy (non-hydrogen) atoms. The quantitative estimate of drug-likeness (QED) is 0.365. The topological polar surface area (TPSA) is 43.4 Å². The lowest BCUT2D eigenvalue weighted by Gasteiger charge is -2.09. The predicted molar refractivity (Wildman–Crippen MR) is 47.0 cm³/mol. The summed E-state index contributed by atoms with van der Waals surface area (Å²) in [6.07, 6.45) is 0. The first-order valence-electron chi connectivity index (χ1n) is 3.70. The van der Waals surface area contributed by atoms with Gasteiger partial charge in [0.1, 0.15) is 22.4 Å². The van der Waals surface area contributed by atoms with Crippen LogP contribution in [0.5, 0.6) is 5.75 Å². The SMILES string of the molecule is O=S(=O)(Oc1cc(F)c(Cl)c(F)c1)C(F)(F)F. The molecule has 0 amide bonds. The van der Waals surface area contributed by atoms with E-state index >= 15 is 0 Å². The molecule has 0 aromatic heterocycles. The molecule has 3 nitrogen and oxygen atoms in total. The number of hydrogen-bond acceptors (Lipinski definition) is 3. The lowest BCUT2D eigenvalue weighted by molar-refractivity contribution is -0.0500. The molecule has 1 aromatic carbocycles. The van der Waals surface area contributed by atoms with Crippen molar-refractivity contribution in [1.82, 2.24) is 0 Å². The summed E-state index contributed by atoms with van der Waals surface area (Å²) in [6.45, 7) is 0. The summed E-state index contributed by atoms with van der Waals surface area (Å²) < 4.78 is 85.7. The maximum atomic E-state index is 12.8. The molecular formula is C7H2ClF5O3S. The number of halogens is 6. The molecule has 0 radical (unpaired) electrons. The van der Waals surface area contributed by atoms with Crippen LogP contribution in [0.25, 0.3) is 0 Å². The molecule has 96 valence electrons. The van der Waals surface area contributed by atoms with Crippen molar-refractivity contribution in [3.05, 3.63) is 28.8 Å². The van der Waals surface area contributed by atoms with Crippen LogP contribution in [0.4, 0.5) is 22.0 Å². The van der Waals surface area contributed by atoms with E-state index in [9.17, 15) is 30.4 Å². The fourth-order valence-electron chi connectivity index (χ4n) is 0.754. The van der Waals surface area contributed by atoms with Crippen LogP contribution in [0.15, 0.2) is 12.1 Å². The van der Waals surface area contributed by atoms with Gasteiger partial charge in [-0.3, -0.25) is 0 Å². The van der Waals surface area contributed by atoms with Crippen LogP contribution < -0.4 is 4.18 Å². The Labute approximate surface area is 96.9 Å². The van der Waals surface area contributed by atoms with E-state index in [-0.39, 0.29) is 12.1 Å². The summed E-state index contributed by atoms with van der Waals surface area (Å²) in [5, 5.41) is -0.984. The van der Waals surface area contributed by atoms with Crippen molar-refractivity contribution in [3.63, 3.8) is 0 Å². The van der Waals surface area contributed by atoms with Gasteiger partial charge in [0, 0.05) is 12.1 Å². The van der Waals surface area contributed by atoms with Gasteiger partial charge in [0.15, 0.2) is 0 Å². The van der Waals surface area contributed by atoms with Gasteiger partial charge in [0.2, 0.25) is 0 Å². The maximum absolute atomic E-state index is 12.8. The van der Waals surface area contributed by atoms with Crippen molar-refractivity contribution >= 4 is 21.7 Å². The van der Waals surface area contributed by atoms with E-state index in [1.54, 1.807) is 0 Å². The molecule has 0 spiro atoms. The van der Waals surface area contributed by atoms with E-state index in [1.165, 1.54) is 0 Å². The Morgan fingerprint density at radius 1 is 1.12 bits per heavy atom. The number of rotatable bonds is 2. The average Bonchev–Trinajstić information content (AvgIpc) is 2.11. The van der Waals surface area contributed by atoms with Gasteiger partial charge in [-0.2, -0.15) is 21.6 Å². The highest BCUT2D eigenvalue weighted by atomic mass is 35.5. The average molecular weight is 297 g/mol. The summed E-state index contributed by atoms with van der Waals surface area (Å²) >= 11 is 5.03. The van der Waals surface area contributed by atoms with Crippen LogP contribution in [-0.2, 0) is 10.1 Å². The molecule has 0 aliphatic carbocycles. The van der Waals surface area contributed by atoms with Crippen LogP contribution in [0.2, 0.25) is 5.02 Å².